The lowest BCUT2D eigenvalue weighted by molar-refractivity contribution is 0.0680. The first-order valence-electron chi connectivity index (χ1n) is 13.3. The second-order valence-electron chi connectivity index (χ2n) is 8.95. The predicted octanol–water partition coefficient (Wildman–Crippen LogP) is 8.10. The summed E-state index contributed by atoms with van der Waals surface area (Å²) in [7, 11) is 0. The molecule has 2 N–H and O–H groups in total. The quantitative estimate of drug-likeness (QED) is 0.213. The van der Waals surface area contributed by atoms with E-state index in [1.54, 1.807) is 48.5 Å². The molecular formula is C30H44O6. The van der Waals surface area contributed by atoms with Crippen LogP contribution in [0.4, 0.5) is 0 Å². The molecule has 6 nitrogen and oxygen atoms in total. The van der Waals surface area contributed by atoms with Crippen LogP contribution < -0.4 is 9.47 Å². The molecule has 200 valence electrons. The molecule has 1 unspecified atom stereocenters. The van der Waals surface area contributed by atoms with Crippen LogP contribution in [0.15, 0.2) is 48.5 Å². The molecule has 0 aliphatic carbocycles. The molecule has 1 atom stereocenters. The van der Waals surface area contributed by atoms with Gasteiger partial charge in [-0.2, -0.15) is 0 Å². The highest BCUT2D eigenvalue weighted by molar-refractivity contribution is 5.91. The van der Waals surface area contributed by atoms with Crippen LogP contribution in [0.3, 0.4) is 0 Å². The lowest BCUT2D eigenvalue weighted by Gasteiger charge is -2.16. The fourth-order valence-electron chi connectivity index (χ4n) is 3.71. The molecule has 6 heteroatoms. The van der Waals surface area contributed by atoms with Gasteiger partial charge in [-0.15, -0.1) is 0 Å². The van der Waals surface area contributed by atoms with E-state index in [1.165, 1.54) is 38.5 Å². The largest absolute Gasteiger partial charge is 0.493 e. The van der Waals surface area contributed by atoms with Crippen molar-refractivity contribution in [3.05, 3.63) is 59.7 Å². The molecule has 0 saturated heterocycles. The summed E-state index contributed by atoms with van der Waals surface area (Å²) < 4.78 is 11.2. The zero-order chi connectivity index (χ0) is 26.6. The summed E-state index contributed by atoms with van der Waals surface area (Å²) >= 11 is 0. The summed E-state index contributed by atoms with van der Waals surface area (Å²) in [6, 6.07) is 13.6. The Hall–Kier alpha value is -3.02. The number of unbranched alkanes of at least 4 members (excludes halogenated alkanes) is 6. The molecule has 0 saturated carbocycles. The highest BCUT2D eigenvalue weighted by Crippen LogP contribution is 2.21. The third-order valence-corrected chi connectivity index (χ3v) is 6.01. The standard InChI is InChI=1S/2C15H22O3/c1-3-5-8-12(4-2)11-18-14-10-7-6-9-13(14)15(16)17;1-2-3-4-5-6-9-12-18-14-11-8-7-10-13(14)15(16)17/h6-7,9-10,12H,3-5,8,11H2,1-2H3,(H,16,17);7-8,10-11H,2-6,9,12H2,1H3,(H,16,17). The number of carboxylic acids is 2. The van der Waals surface area contributed by atoms with Gasteiger partial charge < -0.3 is 19.7 Å². The minimum Gasteiger partial charge on any atom is -0.493 e. The summed E-state index contributed by atoms with van der Waals surface area (Å²) in [6.07, 6.45) is 11.8. The number of hydrogen-bond donors (Lipinski definition) is 2. The molecule has 0 heterocycles. The predicted molar refractivity (Wildman–Crippen MR) is 144 cm³/mol. The molecule has 0 fully saturated rings. The van der Waals surface area contributed by atoms with E-state index in [-0.39, 0.29) is 11.1 Å². The summed E-state index contributed by atoms with van der Waals surface area (Å²) in [4.78, 5) is 22.0. The number of rotatable bonds is 17. The number of aromatic carboxylic acids is 2. The zero-order valence-electron chi connectivity index (χ0n) is 22.2. The molecule has 2 rings (SSSR count). The van der Waals surface area contributed by atoms with Crippen molar-refractivity contribution in [2.24, 2.45) is 5.92 Å². The van der Waals surface area contributed by atoms with Crippen LogP contribution in [-0.2, 0) is 0 Å². The van der Waals surface area contributed by atoms with Gasteiger partial charge in [-0.25, -0.2) is 9.59 Å². The zero-order valence-corrected chi connectivity index (χ0v) is 22.2. The third-order valence-electron chi connectivity index (χ3n) is 6.01. The SMILES string of the molecule is CCCCC(CC)COc1ccccc1C(=O)O.CCCCCCCCOc1ccccc1C(=O)O. The van der Waals surface area contributed by atoms with E-state index in [0.29, 0.717) is 30.6 Å². The molecule has 36 heavy (non-hydrogen) atoms. The fourth-order valence-corrected chi connectivity index (χ4v) is 3.71. The van der Waals surface area contributed by atoms with Crippen LogP contribution in [0.1, 0.15) is 106 Å². The minimum atomic E-state index is -0.938. The van der Waals surface area contributed by atoms with Crippen LogP contribution in [0.2, 0.25) is 0 Å². The summed E-state index contributed by atoms with van der Waals surface area (Å²) in [5.74, 6) is -0.425. The second kappa shape index (κ2) is 19.2. The number of para-hydroxylation sites is 2. The van der Waals surface area contributed by atoms with Crippen LogP contribution in [-0.4, -0.2) is 35.4 Å². The van der Waals surface area contributed by atoms with Gasteiger partial charge >= 0.3 is 11.9 Å². The Kier molecular flexibility index (Phi) is 16.5. The molecule has 0 aliphatic rings. The van der Waals surface area contributed by atoms with E-state index in [4.69, 9.17) is 19.7 Å². The van der Waals surface area contributed by atoms with Crippen molar-refractivity contribution in [3.8, 4) is 11.5 Å². The van der Waals surface area contributed by atoms with E-state index in [9.17, 15) is 9.59 Å². The Balaban J connectivity index is 0.000000360. The van der Waals surface area contributed by atoms with Crippen molar-refractivity contribution in [2.75, 3.05) is 13.2 Å². The normalized spacial score (nSPS) is 11.2. The number of ether oxygens (including phenoxy) is 2. The fraction of sp³-hybridized carbons (Fsp3) is 0.533. The average molecular weight is 501 g/mol. The topological polar surface area (TPSA) is 93.1 Å². The number of hydrogen-bond acceptors (Lipinski definition) is 4. The average Bonchev–Trinajstić information content (AvgIpc) is 2.89. The van der Waals surface area contributed by atoms with Crippen LogP contribution in [0.25, 0.3) is 0 Å². The van der Waals surface area contributed by atoms with Crippen molar-refractivity contribution in [1.29, 1.82) is 0 Å². The van der Waals surface area contributed by atoms with Gasteiger partial charge in [0.15, 0.2) is 0 Å². The highest BCUT2D eigenvalue weighted by Gasteiger charge is 2.13. The molecule has 0 radical (unpaired) electrons. The van der Waals surface area contributed by atoms with Gasteiger partial charge in [-0.3, -0.25) is 0 Å². The van der Waals surface area contributed by atoms with Crippen molar-refractivity contribution in [1.82, 2.24) is 0 Å². The summed E-state index contributed by atoms with van der Waals surface area (Å²) in [5.41, 5.74) is 0.478. The van der Waals surface area contributed by atoms with Gasteiger partial charge in [0.2, 0.25) is 0 Å². The van der Waals surface area contributed by atoms with E-state index >= 15 is 0 Å². The van der Waals surface area contributed by atoms with Crippen molar-refractivity contribution >= 4 is 11.9 Å². The van der Waals surface area contributed by atoms with E-state index in [2.05, 4.69) is 20.8 Å². The lowest BCUT2D eigenvalue weighted by atomic mass is 10.0. The molecular weight excluding hydrogens is 456 g/mol. The summed E-state index contributed by atoms with van der Waals surface area (Å²) in [6.45, 7) is 7.71. The van der Waals surface area contributed by atoms with Gasteiger partial charge in [0.25, 0.3) is 0 Å². The van der Waals surface area contributed by atoms with Crippen LogP contribution >= 0.6 is 0 Å². The van der Waals surface area contributed by atoms with Gasteiger partial charge in [0, 0.05) is 0 Å². The maximum Gasteiger partial charge on any atom is 0.339 e. The summed E-state index contributed by atoms with van der Waals surface area (Å²) in [5, 5.41) is 18.0. The first-order chi connectivity index (χ1) is 17.4. The molecule has 0 spiro atoms. The van der Waals surface area contributed by atoms with Crippen molar-refractivity contribution < 1.29 is 29.3 Å². The monoisotopic (exact) mass is 500 g/mol. The number of benzene rings is 2. The van der Waals surface area contributed by atoms with Crippen LogP contribution in [0.5, 0.6) is 11.5 Å². The van der Waals surface area contributed by atoms with Crippen LogP contribution in [0, 0.1) is 5.92 Å². The molecule has 0 amide bonds. The molecule has 0 aromatic heterocycles. The Labute approximate surface area is 216 Å². The van der Waals surface area contributed by atoms with Crippen molar-refractivity contribution in [3.63, 3.8) is 0 Å². The van der Waals surface area contributed by atoms with Gasteiger partial charge in [-0.05, 0) is 43.0 Å². The molecule has 2 aromatic rings. The maximum atomic E-state index is 11.0. The molecule has 2 aromatic carbocycles. The smallest absolute Gasteiger partial charge is 0.339 e. The first-order valence-corrected chi connectivity index (χ1v) is 13.3. The highest BCUT2D eigenvalue weighted by atomic mass is 16.5. The minimum absolute atomic E-state index is 0.239. The molecule has 0 bridgehead atoms. The van der Waals surface area contributed by atoms with E-state index < -0.39 is 11.9 Å². The maximum absolute atomic E-state index is 11.0. The first kappa shape index (κ1) is 31.0. The Bertz CT molecular complexity index is 879. The lowest BCUT2D eigenvalue weighted by Crippen LogP contribution is -2.13. The Morgan fingerprint density at radius 2 is 1.19 bits per heavy atom. The molecule has 0 aliphatic heterocycles. The second-order valence-corrected chi connectivity index (χ2v) is 8.95. The Morgan fingerprint density at radius 1 is 0.694 bits per heavy atom. The van der Waals surface area contributed by atoms with Gasteiger partial charge in [0.1, 0.15) is 22.6 Å². The Morgan fingerprint density at radius 3 is 1.72 bits per heavy atom. The van der Waals surface area contributed by atoms with Crippen molar-refractivity contribution in [2.45, 2.75) is 85.0 Å². The van der Waals surface area contributed by atoms with E-state index in [1.807, 2.05) is 0 Å². The van der Waals surface area contributed by atoms with Gasteiger partial charge in [-0.1, -0.05) is 96.4 Å². The number of carbonyl (C=O) groups is 2. The third kappa shape index (κ3) is 12.6. The number of carboxylic acid groups (broad SMARTS) is 2. The van der Waals surface area contributed by atoms with Gasteiger partial charge in [0.05, 0.1) is 13.2 Å². The van der Waals surface area contributed by atoms with E-state index in [0.717, 1.165) is 25.7 Å².